The van der Waals surface area contributed by atoms with Crippen molar-refractivity contribution in [1.82, 2.24) is 14.5 Å². The molecule has 1 unspecified atom stereocenters. The molecule has 1 amide bonds. The van der Waals surface area contributed by atoms with E-state index in [4.69, 9.17) is 9.72 Å². The summed E-state index contributed by atoms with van der Waals surface area (Å²) in [5, 5.41) is 0.666. The molecule has 0 bridgehead atoms. The first-order valence-electron chi connectivity index (χ1n) is 12.2. The van der Waals surface area contributed by atoms with Gasteiger partial charge in [-0.1, -0.05) is 13.0 Å². The molecule has 5 rings (SSSR count). The van der Waals surface area contributed by atoms with Crippen molar-refractivity contribution in [1.29, 1.82) is 0 Å². The van der Waals surface area contributed by atoms with Crippen molar-refractivity contribution in [2.24, 2.45) is 5.92 Å². The van der Waals surface area contributed by atoms with Gasteiger partial charge < -0.3 is 14.5 Å². The van der Waals surface area contributed by atoms with E-state index in [0.717, 1.165) is 29.7 Å². The van der Waals surface area contributed by atoms with Crippen molar-refractivity contribution in [2.75, 3.05) is 32.1 Å². The Balaban J connectivity index is 1.55. The molecule has 3 heterocycles. The number of benzene rings is 1. The van der Waals surface area contributed by atoms with Gasteiger partial charge in [-0.15, -0.1) is 17.9 Å². The summed E-state index contributed by atoms with van der Waals surface area (Å²) in [6.07, 6.45) is 4.52. The minimum absolute atomic E-state index is 0.0488. The third kappa shape index (κ3) is 4.37. The Labute approximate surface area is 213 Å². The molecule has 2 aromatic heterocycles. The first-order chi connectivity index (χ1) is 17.3. The summed E-state index contributed by atoms with van der Waals surface area (Å²) in [5.41, 5.74) is 1.90. The van der Waals surface area contributed by atoms with Gasteiger partial charge in [0, 0.05) is 17.0 Å². The maximum Gasteiger partial charge on any atom is 0.265 e. The van der Waals surface area contributed by atoms with Gasteiger partial charge in [-0.05, 0) is 63.0 Å². The lowest BCUT2D eigenvalue weighted by molar-refractivity contribution is -0.121. The fraction of sp³-hybridized carbons (Fsp3) is 0.407. The molecule has 0 radical (unpaired) electrons. The van der Waals surface area contributed by atoms with Crippen LogP contribution in [0.25, 0.3) is 10.2 Å². The number of nitrogens with zero attached hydrogens (tertiary/aromatic N) is 4. The van der Waals surface area contributed by atoms with Gasteiger partial charge in [0.1, 0.15) is 16.4 Å². The maximum atomic E-state index is 13.8. The van der Waals surface area contributed by atoms with E-state index in [-0.39, 0.29) is 30.4 Å². The van der Waals surface area contributed by atoms with Gasteiger partial charge in [-0.25, -0.2) is 4.98 Å². The lowest BCUT2D eigenvalue weighted by Crippen LogP contribution is -2.39. The SMILES string of the molecule is C=CCN1C(=O)COc2ccc(C(=O)Cn3c(CN(C)C)nc4sc5c(c4c3=O)CCC(C)C5)cc21. The highest BCUT2D eigenvalue weighted by Gasteiger charge is 2.28. The number of ketones is 1. The first-order valence-corrected chi connectivity index (χ1v) is 13.0. The number of Topliss-reactive ketones (excluding diaryl/α,β-unsaturated/α-hetero) is 1. The zero-order chi connectivity index (χ0) is 25.6. The second-order valence-electron chi connectivity index (χ2n) is 9.88. The number of amides is 1. The largest absolute Gasteiger partial charge is 0.482 e. The second-order valence-corrected chi connectivity index (χ2v) is 11.0. The Kier molecular flexibility index (Phi) is 6.53. The fourth-order valence-electron chi connectivity index (χ4n) is 4.97. The Morgan fingerprint density at radius 2 is 2.14 bits per heavy atom. The molecule has 1 aliphatic heterocycles. The molecule has 188 valence electrons. The zero-order valence-electron chi connectivity index (χ0n) is 20.9. The second kappa shape index (κ2) is 9.63. The van der Waals surface area contributed by atoms with Crippen molar-refractivity contribution < 1.29 is 14.3 Å². The number of rotatable bonds is 7. The smallest absolute Gasteiger partial charge is 0.265 e. The van der Waals surface area contributed by atoms with Crippen LogP contribution in [-0.4, -0.2) is 53.4 Å². The Morgan fingerprint density at radius 1 is 1.33 bits per heavy atom. The van der Waals surface area contributed by atoms with Crippen LogP contribution in [0, 0.1) is 5.92 Å². The summed E-state index contributed by atoms with van der Waals surface area (Å²) in [5.74, 6) is 1.29. The Bertz CT molecular complexity index is 1440. The number of hydrogen-bond donors (Lipinski definition) is 0. The van der Waals surface area contributed by atoms with E-state index in [9.17, 15) is 14.4 Å². The van der Waals surface area contributed by atoms with E-state index in [1.54, 1.807) is 40.5 Å². The Hall–Kier alpha value is -3.30. The van der Waals surface area contributed by atoms with Crippen LogP contribution < -0.4 is 15.2 Å². The van der Waals surface area contributed by atoms with Crippen molar-refractivity contribution in [3.05, 3.63) is 63.0 Å². The molecule has 8 nitrogen and oxygen atoms in total. The van der Waals surface area contributed by atoms with Gasteiger partial charge in [-0.3, -0.25) is 19.0 Å². The van der Waals surface area contributed by atoms with Crippen LogP contribution in [0.2, 0.25) is 0 Å². The number of anilines is 1. The van der Waals surface area contributed by atoms with E-state index >= 15 is 0 Å². The van der Waals surface area contributed by atoms with Crippen LogP contribution in [0.15, 0.2) is 35.6 Å². The molecular weight excluding hydrogens is 476 g/mol. The number of aromatic nitrogens is 2. The summed E-state index contributed by atoms with van der Waals surface area (Å²) in [6.45, 7) is 6.55. The molecule has 0 fully saturated rings. The van der Waals surface area contributed by atoms with Crippen molar-refractivity contribution in [3.63, 3.8) is 0 Å². The minimum atomic E-state index is -0.227. The standard InChI is InChI=1S/C27H30N4O4S/c1-5-10-30-19-12-17(7-9-21(19)35-15-24(30)33)20(32)13-31-23(14-29(3)4)28-26-25(27(31)34)18-8-6-16(2)11-22(18)36-26/h5,7,9,12,16H,1,6,8,10-11,13-15H2,2-4H3. The highest BCUT2D eigenvalue weighted by atomic mass is 32.1. The summed E-state index contributed by atoms with van der Waals surface area (Å²) in [6, 6.07) is 5.04. The van der Waals surface area contributed by atoms with Gasteiger partial charge in [0.05, 0.1) is 24.2 Å². The molecule has 1 atom stereocenters. The van der Waals surface area contributed by atoms with Gasteiger partial charge in [0.2, 0.25) is 0 Å². The van der Waals surface area contributed by atoms with E-state index < -0.39 is 0 Å². The number of carbonyl (C=O) groups is 2. The average molecular weight is 507 g/mol. The summed E-state index contributed by atoms with van der Waals surface area (Å²) >= 11 is 1.62. The topological polar surface area (TPSA) is 84.7 Å². The summed E-state index contributed by atoms with van der Waals surface area (Å²) in [4.78, 5) is 50.0. The predicted octanol–water partition coefficient (Wildman–Crippen LogP) is 3.44. The number of hydrogen-bond acceptors (Lipinski definition) is 7. The van der Waals surface area contributed by atoms with Gasteiger partial charge in [0.25, 0.3) is 11.5 Å². The molecule has 0 N–H and O–H groups in total. The monoisotopic (exact) mass is 506 g/mol. The van der Waals surface area contributed by atoms with Gasteiger partial charge in [-0.2, -0.15) is 0 Å². The molecule has 1 aromatic carbocycles. The van der Waals surface area contributed by atoms with Crippen LogP contribution >= 0.6 is 11.3 Å². The maximum absolute atomic E-state index is 13.8. The summed E-state index contributed by atoms with van der Waals surface area (Å²) < 4.78 is 7.07. The molecule has 0 spiro atoms. The van der Waals surface area contributed by atoms with Crippen LogP contribution in [-0.2, 0) is 30.7 Å². The van der Waals surface area contributed by atoms with Crippen LogP contribution in [0.4, 0.5) is 5.69 Å². The van der Waals surface area contributed by atoms with Crippen LogP contribution in [0.3, 0.4) is 0 Å². The minimum Gasteiger partial charge on any atom is -0.482 e. The Morgan fingerprint density at radius 3 is 2.89 bits per heavy atom. The van der Waals surface area contributed by atoms with Gasteiger partial charge in [0.15, 0.2) is 12.4 Å². The lowest BCUT2D eigenvalue weighted by Gasteiger charge is -2.28. The molecule has 36 heavy (non-hydrogen) atoms. The average Bonchev–Trinajstić information content (AvgIpc) is 3.19. The number of fused-ring (bicyclic) bond motifs is 4. The quantitative estimate of drug-likeness (QED) is 0.361. The van der Waals surface area contributed by atoms with E-state index in [1.165, 1.54) is 9.44 Å². The number of ether oxygens (including phenoxy) is 1. The highest BCUT2D eigenvalue weighted by molar-refractivity contribution is 7.18. The predicted molar refractivity (Wildman–Crippen MR) is 141 cm³/mol. The zero-order valence-corrected chi connectivity index (χ0v) is 21.7. The molecular formula is C27H30N4O4S. The fourth-order valence-corrected chi connectivity index (χ4v) is 6.36. The van der Waals surface area contributed by atoms with Crippen LogP contribution in [0.5, 0.6) is 5.75 Å². The van der Waals surface area contributed by atoms with Crippen molar-refractivity contribution >= 4 is 38.9 Å². The molecule has 0 saturated carbocycles. The van der Waals surface area contributed by atoms with Crippen molar-refractivity contribution in [3.8, 4) is 5.75 Å². The van der Waals surface area contributed by atoms with Crippen molar-refractivity contribution in [2.45, 2.75) is 39.3 Å². The van der Waals surface area contributed by atoms with Crippen LogP contribution in [0.1, 0.15) is 40.0 Å². The molecule has 9 heteroatoms. The lowest BCUT2D eigenvalue weighted by atomic mass is 9.89. The molecule has 2 aliphatic rings. The van der Waals surface area contributed by atoms with Gasteiger partial charge >= 0.3 is 0 Å². The number of aryl methyl sites for hydroxylation is 1. The van der Waals surface area contributed by atoms with E-state index in [0.29, 0.717) is 47.2 Å². The van der Waals surface area contributed by atoms with E-state index in [1.807, 2.05) is 19.0 Å². The third-order valence-electron chi connectivity index (χ3n) is 6.79. The third-order valence-corrected chi connectivity index (χ3v) is 7.94. The number of thiophene rings is 1. The molecule has 3 aromatic rings. The molecule has 1 aliphatic carbocycles. The normalized spacial score (nSPS) is 17.2. The highest BCUT2D eigenvalue weighted by Crippen LogP contribution is 2.36. The van der Waals surface area contributed by atoms with E-state index in [2.05, 4.69) is 13.5 Å². The first kappa shape index (κ1) is 24.4. The molecule has 0 saturated heterocycles. The number of carbonyl (C=O) groups excluding carboxylic acids is 2. The summed E-state index contributed by atoms with van der Waals surface area (Å²) in [7, 11) is 3.83.